The van der Waals surface area contributed by atoms with E-state index >= 15 is 0 Å². The molecule has 0 saturated carbocycles. The number of hydrogen-bond donors (Lipinski definition) is 1. The van der Waals surface area contributed by atoms with Crippen LogP contribution in [0, 0.1) is 5.82 Å². The van der Waals surface area contributed by atoms with Gasteiger partial charge in [-0.2, -0.15) is 0 Å². The third-order valence-corrected chi connectivity index (χ3v) is 2.56. The van der Waals surface area contributed by atoms with E-state index in [4.69, 9.17) is 26.2 Å². The van der Waals surface area contributed by atoms with Crippen molar-refractivity contribution in [2.24, 2.45) is 0 Å². The SMILES string of the molecule is CC1(c2ccc(Cl)cc2F)OC=C(C(=O)O)O1. The second-order valence-corrected chi connectivity index (χ2v) is 4.01. The Hall–Kier alpha value is -1.75. The fourth-order valence-electron chi connectivity index (χ4n) is 1.49. The average Bonchev–Trinajstić information content (AvgIpc) is 2.61. The Morgan fingerprint density at radius 1 is 1.53 bits per heavy atom. The van der Waals surface area contributed by atoms with E-state index in [1.165, 1.54) is 19.1 Å². The summed E-state index contributed by atoms with van der Waals surface area (Å²) in [7, 11) is 0. The first-order valence-corrected chi connectivity index (χ1v) is 5.06. The summed E-state index contributed by atoms with van der Waals surface area (Å²) in [5.74, 6) is -3.76. The summed E-state index contributed by atoms with van der Waals surface area (Å²) in [4.78, 5) is 10.7. The number of carboxylic acids is 1. The molecule has 6 heteroatoms. The molecule has 17 heavy (non-hydrogen) atoms. The van der Waals surface area contributed by atoms with E-state index in [2.05, 4.69) is 0 Å². The van der Waals surface area contributed by atoms with Crippen molar-refractivity contribution in [2.75, 3.05) is 0 Å². The van der Waals surface area contributed by atoms with Crippen LogP contribution in [0.2, 0.25) is 5.02 Å². The van der Waals surface area contributed by atoms with Crippen molar-refractivity contribution in [3.63, 3.8) is 0 Å². The molecule has 1 heterocycles. The molecule has 4 nitrogen and oxygen atoms in total. The molecule has 0 spiro atoms. The molecule has 1 aliphatic rings. The van der Waals surface area contributed by atoms with Crippen LogP contribution in [0.1, 0.15) is 12.5 Å². The number of rotatable bonds is 2. The van der Waals surface area contributed by atoms with Crippen molar-refractivity contribution >= 4 is 17.6 Å². The summed E-state index contributed by atoms with van der Waals surface area (Å²) in [6.45, 7) is 1.42. The Labute approximate surface area is 101 Å². The number of hydrogen-bond acceptors (Lipinski definition) is 3. The highest BCUT2D eigenvalue weighted by molar-refractivity contribution is 6.30. The Morgan fingerprint density at radius 3 is 2.76 bits per heavy atom. The van der Waals surface area contributed by atoms with Gasteiger partial charge in [-0.3, -0.25) is 0 Å². The molecule has 2 rings (SSSR count). The first-order chi connectivity index (χ1) is 7.92. The van der Waals surface area contributed by atoms with Crippen LogP contribution in [0.4, 0.5) is 4.39 Å². The first-order valence-electron chi connectivity index (χ1n) is 4.68. The van der Waals surface area contributed by atoms with Crippen LogP contribution in [-0.2, 0) is 20.1 Å². The van der Waals surface area contributed by atoms with Crippen molar-refractivity contribution in [3.8, 4) is 0 Å². The molecule has 0 fully saturated rings. The molecule has 1 aromatic carbocycles. The molecule has 0 aliphatic carbocycles. The Morgan fingerprint density at radius 2 is 2.24 bits per heavy atom. The average molecular weight is 259 g/mol. The molecule has 0 saturated heterocycles. The molecule has 1 aromatic rings. The number of carboxylic acid groups (broad SMARTS) is 1. The minimum Gasteiger partial charge on any atom is -0.475 e. The fraction of sp³-hybridized carbons (Fsp3) is 0.182. The Kier molecular flexibility index (Phi) is 2.71. The highest BCUT2D eigenvalue weighted by atomic mass is 35.5. The number of halogens is 2. The van der Waals surface area contributed by atoms with Gasteiger partial charge in [0, 0.05) is 11.9 Å². The van der Waals surface area contributed by atoms with Crippen molar-refractivity contribution in [2.45, 2.75) is 12.7 Å². The van der Waals surface area contributed by atoms with Gasteiger partial charge >= 0.3 is 5.97 Å². The zero-order chi connectivity index (χ0) is 12.6. The van der Waals surface area contributed by atoms with Gasteiger partial charge in [-0.1, -0.05) is 11.6 Å². The van der Waals surface area contributed by atoms with Crippen LogP contribution in [0.5, 0.6) is 0 Å². The highest BCUT2D eigenvalue weighted by Crippen LogP contribution is 2.36. The zero-order valence-electron chi connectivity index (χ0n) is 8.74. The maximum atomic E-state index is 13.7. The smallest absolute Gasteiger partial charge is 0.374 e. The van der Waals surface area contributed by atoms with E-state index < -0.39 is 17.6 Å². The van der Waals surface area contributed by atoms with E-state index in [0.29, 0.717) is 0 Å². The maximum absolute atomic E-state index is 13.7. The van der Waals surface area contributed by atoms with Crippen LogP contribution >= 0.6 is 11.6 Å². The normalized spacial score (nSPS) is 22.6. The zero-order valence-corrected chi connectivity index (χ0v) is 9.49. The van der Waals surface area contributed by atoms with E-state index in [1.54, 1.807) is 0 Å². The maximum Gasteiger partial charge on any atom is 0.374 e. The van der Waals surface area contributed by atoms with Crippen LogP contribution in [0.25, 0.3) is 0 Å². The number of aliphatic carboxylic acids is 1. The molecule has 1 aliphatic heterocycles. The molecular formula is C11H8ClFO4. The second-order valence-electron chi connectivity index (χ2n) is 3.58. The van der Waals surface area contributed by atoms with E-state index in [9.17, 15) is 9.18 Å². The van der Waals surface area contributed by atoms with Gasteiger partial charge in [-0.05, 0) is 18.2 Å². The van der Waals surface area contributed by atoms with Gasteiger partial charge in [-0.15, -0.1) is 0 Å². The lowest BCUT2D eigenvalue weighted by molar-refractivity contribution is -0.159. The third kappa shape index (κ3) is 2.06. The lowest BCUT2D eigenvalue weighted by Crippen LogP contribution is -2.25. The highest BCUT2D eigenvalue weighted by Gasteiger charge is 2.40. The minimum atomic E-state index is -1.48. The van der Waals surface area contributed by atoms with Gasteiger partial charge in [0.05, 0.1) is 5.56 Å². The molecule has 1 unspecified atom stereocenters. The van der Waals surface area contributed by atoms with Crippen LogP contribution in [0.3, 0.4) is 0 Å². The summed E-state index contributed by atoms with van der Waals surface area (Å²) in [6.07, 6.45) is 0.941. The standard InChI is InChI=1S/C11H8ClFO4/c1-11(16-5-9(17-11)10(14)15)7-3-2-6(12)4-8(7)13/h2-5H,1H3,(H,14,15). The summed E-state index contributed by atoms with van der Waals surface area (Å²) in [5.41, 5.74) is 0.0781. The van der Waals surface area contributed by atoms with Gasteiger partial charge in [0.25, 0.3) is 5.79 Å². The van der Waals surface area contributed by atoms with E-state index in [0.717, 1.165) is 12.3 Å². The topological polar surface area (TPSA) is 55.8 Å². The van der Waals surface area contributed by atoms with Gasteiger partial charge in [0.2, 0.25) is 5.76 Å². The molecule has 1 atom stereocenters. The summed E-state index contributed by atoms with van der Waals surface area (Å²) in [6, 6.07) is 3.96. The molecule has 90 valence electrons. The van der Waals surface area contributed by atoms with Crippen molar-refractivity contribution in [3.05, 3.63) is 46.6 Å². The second kappa shape index (κ2) is 3.92. The predicted octanol–water partition coefficient (Wildman–Crippen LogP) is 2.62. The van der Waals surface area contributed by atoms with Crippen molar-refractivity contribution in [1.82, 2.24) is 0 Å². The fourth-order valence-corrected chi connectivity index (χ4v) is 1.65. The van der Waals surface area contributed by atoms with Crippen LogP contribution in [0.15, 0.2) is 30.2 Å². The number of ether oxygens (including phenoxy) is 2. The number of carbonyl (C=O) groups is 1. The predicted molar refractivity (Wildman–Crippen MR) is 56.7 cm³/mol. The molecule has 1 N–H and O–H groups in total. The van der Waals surface area contributed by atoms with E-state index in [1.807, 2.05) is 0 Å². The number of benzene rings is 1. The molecular weight excluding hydrogens is 251 g/mol. The summed E-state index contributed by atoms with van der Waals surface area (Å²) in [5, 5.41) is 8.95. The monoisotopic (exact) mass is 258 g/mol. The van der Waals surface area contributed by atoms with Crippen molar-refractivity contribution < 1.29 is 23.8 Å². The molecule has 0 aromatic heterocycles. The lowest BCUT2D eigenvalue weighted by Gasteiger charge is -2.24. The lowest BCUT2D eigenvalue weighted by atomic mass is 10.1. The Bertz CT molecular complexity index is 514. The summed E-state index contributed by atoms with van der Waals surface area (Å²) < 4.78 is 23.8. The molecule has 0 amide bonds. The van der Waals surface area contributed by atoms with Crippen LogP contribution < -0.4 is 0 Å². The summed E-state index contributed by atoms with van der Waals surface area (Å²) >= 11 is 5.62. The molecule has 0 radical (unpaired) electrons. The largest absolute Gasteiger partial charge is 0.475 e. The van der Waals surface area contributed by atoms with Crippen molar-refractivity contribution in [1.29, 1.82) is 0 Å². The van der Waals surface area contributed by atoms with Gasteiger partial charge in [0.1, 0.15) is 12.1 Å². The van der Waals surface area contributed by atoms with Gasteiger partial charge in [0.15, 0.2) is 0 Å². The van der Waals surface area contributed by atoms with Crippen LogP contribution in [-0.4, -0.2) is 11.1 Å². The minimum absolute atomic E-state index is 0.0781. The third-order valence-electron chi connectivity index (χ3n) is 2.33. The molecule has 0 bridgehead atoms. The first kappa shape index (κ1) is 11.7. The quantitative estimate of drug-likeness (QED) is 0.886. The van der Waals surface area contributed by atoms with E-state index in [-0.39, 0.29) is 16.3 Å². The van der Waals surface area contributed by atoms with Gasteiger partial charge in [-0.25, -0.2) is 9.18 Å². The Balaban J connectivity index is 2.33. The van der Waals surface area contributed by atoms with Gasteiger partial charge < -0.3 is 14.6 Å².